The summed E-state index contributed by atoms with van der Waals surface area (Å²) in [6.07, 6.45) is 10.8. The van der Waals surface area contributed by atoms with Crippen molar-refractivity contribution >= 4 is 11.9 Å². The highest BCUT2D eigenvalue weighted by Gasteiger charge is 2.19. The van der Waals surface area contributed by atoms with E-state index in [2.05, 4.69) is 6.07 Å². The summed E-state index contributed by atoms with van der Waals surface area (Å²) in [6.45, 7) is 6.17. The van der Waals surface area contributed by atoms with Gasteiger partial charge in [-0.25, -0.2) is 4.79 Å². The fraction of sp³-hybridized carbons (Fsp3) is 0.588. The highest BCUT2D eigenvalue weighted by molar-refractivity contribution is 5.89. The topological polar surface area (TPSA) is 80.3 Å². The van der Waals surface area contributed by atoms with Crippen molar-refractivity contribution in [3.63, 3.8) is 0 Å². The minimum absolute atomic E-state index is 0.0133. The lowest BCUT2D eigenvalue weighted by Crippen LogP contribution is -2.22. The largest absolute Gasteiger partial charge is 0.493 e. The quantitative estimate of drug-likeness (QED) is 0.143. The van der Waals surface area contributed by atoms with E-state index < -0.39 is 0 Å². The molecule has 0 aliphatic carbocycles. The lowest BCUT2D eigenvalue weighted by molar-refractivity contribution is -0.162. The molecule has 0 spiro atoms. The van der Waals surface area contributed by atoms with Crippen LogP contribution in [-0.4, -0.2) is 51.8 Å². The number of methoxy groups -OCH3 is 1. The maximum Gasteiger partial charge on any atom is 0.338 e. The maximum atomic E-state index is 12.2. The second kappa shape index (κ2) is 18.5. The number of esters is 2. The second-order valence-corrected chi connectivity index (χ2v) is 10.7. The normalized spacial score (nSPS) is 15.7. The predicted molar refractivity (Wildman–Crippen MR) is 159 cm³/mol. The third-order valence-electron chi connectivity index (χ3n) is 7.43. The van der Waals surface area contributed by atoms with E-state index in [9.17, 15) is 9.59 Å². The van der Waals surface area contributed by atoms with Gasteiger partial charge in [0.15, 0.2) is 6.29 Å². The molecule has 0 aromatic heterocycles. The SMILES string of the molecule is CCOC(=O)c1cccc(CCCOc2cccc(CCCCCCOC3CCCCO3)c2CC(C)C(=O)OC)c1. The van der Waals surface area contributed by atoms with Crippen LogP contribution in [0.4, 0.5) is 0 Å². The summed E-state index contributed by atoms with van der Waals surface area (Å²) in [6, 6.07) is 13.7. The van der Waals surface area contributed by atoms with Crippen LogP contribution in [0.2, 0.25) is 0 Å². The van der Waals surface area contributed by atoms with Gasteiger partial charge in [0.25, 0.3) is 0 Å². The van der Waals surface area contributed by atoms with Gasteiger partial charge in [-0.3, -0.25) is 4.79 Å². The van der Waals surface area contributed by atoms with Gasteiger partial charge in [0, 0.05) is 13.2 Å². The van der Waals surface area contributed by atoms with E-state index in [0.717, 1.165) is 87.9 Å². The zero-order valence-electron chi connectivity index (χ0n) is 25.2. The Hall–Kier alpha value is -2.90. The van der Waals surface area contributed by atoms with E-state index in [1.807, 2.05) is 37.3 Å². The Morgan fingerprint density at radius 3 is 2.59 bits per heavy atom. The number of aryl methyl sites for hydroxylation is 2. The Kier molecular flexibility index (Phi) is 14.7. The number of rotatable bonds is 18. The van der Waals surface area contributed by atoms with E-state index in [-0.39, 0.29) is 24.1 Å². The molecule has 0 N–H and O–H groups in total. The van der Waals surface area contributed by atoms with E-state index in [4.69, 9.17) is 23.7 Å². The Morgan fingerprint density at radius 1 is 0.976 bits per heavy atom. The number of hydrogen-bond donors (Lipinski definition) is 0. The molecule has 0 radical (unpaired) electrons. The number of ether oxygens (including phenoxy) is 5. The van der Waals surface area contributed by atoms with Crippen molar-refractivity contribution in [1.82, 2.24) is 0 Å². The molecule has 0 amide bonds. The molecular weight excluding hydrogens is 520 g/mol. The molecule has 1 heterocycles. The molecule has 0 bridgehead atoms. The van der Waals surface area contributed by atoms with Crippen LogP contribution in [0.15, 0.2) is 42.5 Å². The third-order valence-corrected chi connectivity index (χ3v) is 7.43. The van der Waals surface area contributed by atoms with Crippen molar-refractivity contribution in [2.45, 2.75) is 90.8 Å². The number of carbonyl (C=O) groups excluding carboxylic acids is 2. The molecule has 226 valence electrons. The van der Waals surface area contributed by atoms with Crippen molar-refractivity contribution in [3.05, 3.63) is 64.7 Å². The van der Waals surface area contributed by atoms with Gasteiger partial charge < -0.3 is 23.7 Å². The number of unbranched alkanes of at least 4 members (excludes halogenated alkanes) is 3. The lowest BCUT2D eigenvalue weighted by atomic mass is 9.93. The van der Waals surface area contributed by atoms with Crippen LogP contribution in [-0.2, 0) is 43.0 Å². The van der Waals surface area contributed by atoms with Gasteiger partial charge in [-0.15, -0.1) is 0 Å². The van der Waals surface area contributed by atoms with E-state index in [1.54, 1.807) is 13.0 Å². The van der Waals surface area contributed by atoms with Crippen LogP contribution in [0.1, 0.15) is 92.3 Å². The molecule has 1 aliphatic heterocycles. The monoisotopic (exact) mass is 568 g/mol. The van der Waals surface area contributed by atoms with Gasteiger partial charge in [0.2, 0.25) is 0 Å². The first-order valence-electron chi connectivity index (χ1n) is 15.3. The lowest BCUT2D eigenvalue weighted by Gasteiger charge is -2.22. The average Bonchev–Trinajstić information content (AvgIpc) is 3.00. The van der Waals surface area contributed by atoms with Crippen LogP contribution < -0.4 is 4.74 Å². The number of carbonyl (C=O) groups is 2. The molecule has 7 heteroatoms. The molecule has 1 aliphatic rings. The van der Waals surface area contributed by atoms with Crippen LogP contribution >= 0.6 is 0 Å². The maximum absolute atomic E-state index is 12.2. The van der Waals surface area contributed by atoms with Gasteiger partial charge in [-0.05, 0) is 99.6 Å². The highest BCUT2D eigenvalue weighted by Crippen LogP contribution is 2.28. The Morgan fingerprint density at radius 2 is 1.80 bits per heavy atom. The first kappa shape index (κ1) is 32.6. The van der Waals surface area contributed by atoms with Crippen molar-refractivity contribution in [2.75, 3.05) is 33.5 Å². The molecule has 0 saturated carbocycles. The summed E-state index contributed by atoms with van der Waals surface area (Å²) in [5.74, 6) is 0.0658. The minimum atomic E-state index is -0.297. The second-order valence-electron chi connectivity index (χ2n) is 10.7. The minimum Gasteiger partial charge on any atom is -0.493 e. The van der Waals surface area contributed by atoms with Crippen LogP contribution in [0.25, 0.3) is 0 Å². The van der Waals surface area contributed by atoms with Crippen molar-refractivity contribution in [2.24, 2.45) is 5.92 Å². The molecule has 1 saturated heterocycles. The molecule has 3 rings (SSSR count). The third kappa shape index (κ3) is 11.5. The van der Waals surface area contributed by atoms with E-state index >= 15 is 0 Å². The van der Waals surface area contributed by atoms with Crippen molar-refractivity contribution < 1.29 is 33.3 Å². The standard InChI is InChI=1S/C34H48O7/c1-4-38-34(36)29-18-11-14-27(25-29)15-13-23-39-31-19-12-17-28(30(31)24-26(2)33(35)37-3)16-7-5-6-9-21-40-32-20-8-10-22-41-32/h11-12,14,17-19,25-26,32H,4-10,13,15-16,20-24H2,1-3H3. The van der Waals surface area contributed by atoms with E-state index in [1.165, 1.54) is 19.1 Å². The van der Waals surface area contributed by atoms with E-state index in [0.29, 0.717) is 25.2 Å². The molecule has 2 aromatic rings. The summed E-state index contributed by atoms with van der Waals surface area (Å²) < 4.78 is 27.9. The molecule has 2 atom stereocenters. The smallest absolute Gasteiger partial charge is 0.338 e. The summed E-state index contributed by atoms with van der Waals surface area (Å²) >= 11 is 0. The number of hydrogen-bond acceptors (Lipinski definition) is 7. The Labute approximate surface area is 245 Å². The Bertz CT molecular complexity index is 1060. The molecule has 7 nitrogen and oxygen atoms in total. The molecule has 2 aromatic carbocycles. The van der Waals surface area contributed by atoms with Crippen molar-refractivity contribution in [1.29, 1.82) is 0 Å². The van der Waals surface area contributed by atoms with Crippen LogP contribution in [0.3, 0.4) is 0 Å². The first-order valence-corrected chi connectivity index (χ1v) is 15.3. The first-order chi connectivity index (χ1) is 20.0. The van der Waals surface area contributed by atoms with Crippen molar-refractivity contribution in [3.8, 4) is 5.75 Å². The van der Waals surface area contributed by atoms with Crippen LogP contribution in [0.5, 0.6) is 5.75 Å². The molecule has 2 unspecified atom stereocenters. The molecule has 41 heavy (non-hydrogen) atoms. The van der Waals surface area contributed by atoms with Gasteiger partial charge in [-0.2, -0.15) is 0 Å². The fourth-order valence-corrected chi connectivity index (χ4v) is 5.16. The van der Waals surface area contributed by atoms with Gasteiger partial charge in [0.1, 0.15) is 5.75 Å². The average molecular weight is 569 g/mol. The zero-order valence-corrected chi connectivity index (χ0v) is 25.2. The van der Waals surface area contributed by atoms with Gasteiger partial charge in [0.05, 0.1) is 31.8 Å². The predicted octanol–water partition coefficient (Wildman–Crippen LogP) is 6.87. The number of benzene rings is 2. The Balaban J connectivity index is 1.51. The zero-order chi connectivity index (χ0) is 29.3. The van der Waals surface area contributed by atoms with Crippen LogP contribution in [0, 0.1) is 5.92 Å². The summed E-state index contributed by atoms with van der Waals surface area (Å²) in [4.78, 5) is 24.3. The summed E-state index contributed by atoms with van der Waals surface area (Å²) in [5, 5.41) is 0. The molecule has 1 fully saturated rings. The fourth-order valence-electron chi connectivity index (χ4n) is 5.16. The van der Waals surface area contributed by atoms with Gasteiger partial charge >= 0.3 is 11.9 Å². The molecular formula is C34H48O7. The van der Waals surface area contributed by atoms with Gasteiger partial charge in [-0.1, -0.05) is 44.0 Å². The highest BCUT2D eigenvalue weighted by atomic mass is 16.7. The summed E-state index contributed by atoms with van der Waals surface area (Å²) in [5.41, 5.74) is 3.96. The summed E-state index contributed by atoms with van der Waals surface area (Å²) in [7, 11) is 1.43.